The molecule has 0 unspecified atom stereocenters. The number of aromatic nitrogens is 3. The Morgan fingerprint density at radius 1 is 1.00 bits per heavy atom. The van der Waals surface area contributed by atoms with Gasteiger partial charge in [-0.1, -0.05) is 30.3 Å². The Kier molecular flexibility index (Phi) is 4.62. The van der Waals surface area contributed by atoms with Crippen LogP contribution in [0.2, 0.25) is 0 Å². The van der Waals surface area contributed by atoms with E-state index in [-0.39, 0.29) is 30.3 Å². The molecule has 1 saturated heterocycles. The fraction of sp³-hybridized carbons (Fsp3) is 0.280. The van der Waals surface area contributed by atoms with Crippen molar-refractivity contribution in [3.63, 3.8) is 0 Å². The van der Waals surface area contributed by atoms with Crippen molar-refractivity contribution >= 4 is 10.9 Å². The summed E-state index contributed by atoms with van der Waals surface area (Å²) < 4.78 is 32.4. The maximum absolute atomic E-state index is 12.8. The number of benzene rings is 2. The minimum atomic E-state index is -0.220. The van der Waals surface area contributed by atoms with Crippen LogP contribution in [0.3, 0.4) is 0 Å². The Labute approximate surface area is 185 Å². The average Bonchev–Trinajstić information content (AvgIpc) is 3.49. The van der Waals surface area contributed by atoms with Gasteiger partial charge in [-0.2, -0.15) is 5.10 Å². The SMILES string of the molecule is [3H]c1cc(COc2ccn(-c3ccc4c(cnn4CCN4CCCC4)c3)c(=O)c2)cc([3H])c1[3H]. The van der Waals surface area contributed by atoms with Crippen molar-refractivity contribution in [1.82, 2.24) is 19.2 Å². The number of rotatable bonds is 7. The number of pyridine rings is 1. The average molecular weight is 421 g/mol. The van der Waals surface area contributed by atoms with E-state index in [9.17, 15) is 4.79 Å². The molecule has 6 heteroatoms. The summed E-state index contributed by atoms with van der Waals surface area (Å²) in [6, 6.07) is 11.9. The number of ether oxygens (including phenoxy) is 1. The zero-order valence-electron chi connectivity index (χ0n) is 20.3. The quantitative estimate of drug-likeness (QED) is 0.456. The van der Waals surface area contributed by atoms with Crippen molar-refractivity contribution in [2.45, 2.75) is 26.0 Å². The molecule has 3 heterocycles. The molecule has 5 rings (SSSR count). The second-order valence-corrected chi connectivity index (χ2v) is 7.80. The Morgan fingerprint density at radius 3 is 2.65 bits per heavy atom. The minimum absolute atomic E-state index is 0.0173. The number of likely N-dealkylation sites (tertiary alicyclic amines) is 1. The van der Waals surface area contributed by atoms with Gasteiger partial charge in [-0.05, 0) is 55.8 Å². The van der Waals surface area contributed by atoms with Crippen molar-refractivity contribution in [3.8, 4) is 11.4 Å². The fourth-order valence-corrected chi connectivity index (χ4v) is 4.00. The van der Waals surface area contributed by atoms with Crippen molar-refractivity contribution in [2.24, 2.45) is 0 Å². The smallest absolute Gasteiger partial charge is 0.258 e. The third-order valence-corrected chi connectivity index (χ3v) is 5.69. The Morgan fingerprint density at radius 2 is 1.84 bits per heavy atom. The van der Waals surface area contributed by atoms with E-state index < -0.39 is 0 Å². The summed E-state index contributed by atoms with van der Waals surface area (Å²) in [6.45, 7) is 4.30. The number of nitrogens with zero attached hydrogens (tertiary/aromatic N) is 4. The van der Waals surface area contributed by atoms with E-state index in [1.807, 2.05) is 29.1 Å². The lowest BCUT2D eigenvalue weighted by Gasteiger charge is -2.14. The lowest BCUT2D eigenvalue weighted by Crippen LogP contribution is -2.24. The van der Waals surface area contributed by atoms with Gasteiger partial charge < -0.3 is 9.64 Å². The third kappa shape index (κ3) is 4.39. The Hall–Kier alpha value is -3.38. The molecule has 0 saturated carbocycles. The third-order valence-electron chi connectivity index (χ3n) is 5.69. The summed E-state index contributed by atoms with van der Waals surface area (Å²) >= 11 is 0. The van der Waals surface area contributed by atoms with Crippen molar-refractivity contribution in [2.75, 3.05) is 19.6 Å². The van der Waals surface area contributed by atoms with Gasteiger partial charge in [0.05, 0.1) is 22.4 Å². The van der Waals surface area contributed by atoms with Gasteiger partial charge in [-0.25, -0.2) is 0 Å². The maximum atomic E-state index is 12.8. The highest BCUT2D eigenvalue weighted by atomic mass is 16.5. The van der Waals surface area contributed by atoms with Gasteiger partial charge in [0.15, 0.2) is 0 Å². The van der Waals surface area contributed by atoms with E-state index in [4.69, 9.17) is 8.85 Å². The molecule has 4 aromatic rings. The molecule has 0 radical (unpaired) electrons. The zero-order chi connectivity index (χ0) is 23.7. The molecule has 1 aliphatic heterocycles. The van der Waals surface area contributed by atoms with Crippen LogP contribution in [0.4, 0.5) is 0 Å². The summed E-state index contributed by atoms with van der Waals surface area (Å²) in [5, 5.41) is 5.53. The van der Waals surface area contributed by atoms with Crippen molar-refractivity contribution < 1.29 is 8.85 Å². The summed E-state index contributed by atoms with van der Waals surface area (Å²) in [4.78, 5) is 15.2. The van der Waals surface area contributed by atoms with Crippen molar-refractivity contribution in [1.29, 1.82) is 0 Å². The van der Waals surface area contributed by atoms with Crippen LogP contribution >= 0.6 is 0 Å². The first-order valence-corrected chi connectivity index (χ1v) is 10.6. The normalized spacial score (nSPS) is 15.7. The molecule has 2 aromatic carbocycles. The monoisotopic (exact) mass is 420 g/mol. The second-order valence-electron chi connectivity index (χ2n) is 7.80. The van der Waals surface area contributed by atoms with Gasteiger partial charge in [0, 0.05) is 29.9 Å². The largest absolute Gasteiger partial charge is 0.489 e. The van der Waals surface area contributed by atoms with Crippen LogP contribution in [0.25, 0.3) is 16.6 Å². The van der Waals surface area contributed by atoms with Crippen LogP contribution in [0.1, 0.15) is 22.5 Å². The van der Waals surface area contributed by atoms with Gasteiger partial charge in [0.25, 0.3) is 5.56 Å². The summed E-state index contributed by atoms with van der Waals surface area (Å²) in [6.07, 6.45) is 6.07. The topological polar surface area (TPSA) is 52.3 Å². The molecule has 2 aromatic heterocycles. The van der Waals surface area contributed by atoms with Gasteiger partial charge in [-0.3, -0.25) is 14.0 Å². The maximum Gasteiger partial charge on any atom is 0.258 e. The van der Waals surface area contributed by atoms with E-state index in [0.717, 1.165) is 29.7 Å². The molecule has 6 nitrogen and oxygen atoms in total. The Bertz CT molecular complexity index is 1370. The van der Waals surface area contributed by atoms with Crippen LogP contribution in [-0.2, 0) is 13.2 Å². The highest BCUT2D eigenvalue weighted by Gasteiger charge is 2.12. The molecule has 1 fully saturated rings. The van der Waals surface area contributed by atoms with Crippen LogP contribution < -0.4 is 10.3 Å². The summed E-state index contributed by atoms with van der Waals surface area (Å²) in [5.41, 5.74) is 2.20. The molecule has 1 aliphatic rings. The van der Waals surface area contributed by atoms with E-state index in [1.54, 1.807) is 16.8 Å². The fourth-order valence-electron chi connectivity index (χ4n) is 4.00. The molecule has 0 spiro atoms. The predicted molar refractivity (Wildman–Crippen MR) is 122 cm³/mol. The second kappa shape index (κ2) is 8.78. The molecule has 0 amide bonds. The molecule has 0 atom stereocenters. The standard InChI is InChI=1S/C25H26N4O2/c30-25-17-23(31-19-20-6-2-1-3-7-20)10-13-28(25)22-8-9-24-21(16-22)18-26-29(24)15-14-27-11-4-5-12-27/h1-3,6-10,13,16-18H,4-5,11-12,14-15,19H2/i1T,2T,3T. The summed E-state index contributed by atoms with van der Waals surface area (Å²) in [5.74, 6) is 0.407. The molecule has 158 valence electrons. The van der Waals surface area contributed by atoms with Crippen molar-refractivity contribution in [3.05, 3.63) is 88.9 Å². The molecular weight excluding hydrogens is 388 g/mol. The minimum Gasteiger partial charge on any atom is -0.489 e. The first-order valence-electron chi connectivity index (χ1n) is 12.1. The van der Waals surface area contributed by atoms with Gasteiger partial charge in [-0.15, -0.1) is 0 Å². The molecule has 0 aliphatic carbocycles. The molecule has 0 N–H and O–H groups in total. The molecule has 31 heavy (non-hydrogen) atoms. The first kappa shape index (κ1) is 16.3. The van der Waals surface area contributed by atoms with E-state index in [2.05, 4.69) is 10.00 Å². The number of fused-ring (bicyclic) bond motifs is 1. The highest BCUT2D eigenvalue weighted by molar-refractivity contribution is 5.80. The predicted octanol–water partition coefficient (Wildman–Crippen LogP) is 3.86. The van der Waals surface area contributed by atoms with Gasteiger partial charge >= 0.3 is 0 Å². The number of hydrogen-bond donors (Lipinski definition) is 0. The van der Waals surface area contributed by atoms with Crippen LogP contribution in [-0.4, -0.2) is 38.9 Å². The lowest BCUT2D eigenvalue weighted by atomic mass is 10.2. The van der Waals surface area contributed by atoms with E-state index in [1.165, 1.54) is 44.1 Å². The lowest BCUT2D eigenvalue weighted by molar-refractivity contribution is 0.305. The van der Waals surface area contributed by atoms with E-state index >= 15 is 0 Å². The van der Waals surface area contributed by atoms with Crippen LogP contribution in [0.5, 0.6) is 5.75 Å². The molecular formula is C25H26N4O2. The first-order chi connectivity index (χ1) is 16.5. The van der Waals surface area contributed by atoms with Gasteiger partial charge in [0.2, 0.25) is 0 Å². The van der Waals surface area contributed by atoms with Gasteiger partial charge in [0.1, 0.15) is 12.4 Å². The Balaban J connectivity index is 1.30. The summed E-state index contributed by atoms with van der Waals surface area (Å²) in [7, 11) is 0. The van der Waals surface area contributed by atoms with E-state index in [0.29, 0.717) is 11.3 Å². The zero-order valence-corrected chi connectivity index (χ0v) is 17.3. The van der Waals surface area contributed by atoms with Crippen LogP contribution in [0.15, 0.2) is 77.8 Å². The number of hydrogen-bond acceptors (Lipinski definition) is 4. The molecule has 0 bridgehead atoms. The van der Waals surface area contributed by atoms with Crippen LogP contribution in [0, 0.1) is 0 Å². The highest BCUT2D eigenvalue weighted by Crippen LogP contribution is 2.19.